The van der Waals surface area contributed by atoms with Gasteiger partial charge in [0.1, 0.15) is 11.2 Å². The number of hydrogen-bond donors (Lipinski definition) is 0. The van der Waals surface area contributed by atoms with Crippen molar-refractivity contribution in [1.82, 2.24) is 24.1 Å². The number of fused-ring (bicyclic) bond motifs is 11. The monoisotopic (exact) mass is 905 g/mol. The van der Waals surface area contributed by atoms with E-state index >= 15 is 0 Å². The molecule has 0 unspecified atom stereocenters. The third kappa shape index (κ3) is 6.05. The lowest BCUT2D eigenvalue weighted by atomic mass is 9.96. The topological polar surface area (TPSA) is 61.7 Å². The largest absolute Gasteiger partial charge is 0.455 e. The Morgan fingerprint density at radius 3 is 1.56 bits per heavy atom. The van der Waals surface area contributed by atoms with Crippen molar-refractivity contribution in [3.63, 3.8) is 0 Å². The standard InChI is InChI=1S/C65H39N5O/c1-3-17-40(18-4-1)41-31-33-42(34-32-41)63-66-64(45-35-36-56-52(38-45)47-23-11-14-28-54(47)69(56)46-21-5-2-6-22-46)68-65(67-63)60-49-25-9-10-26-50(49)61(59-51-27-13-16-30-58(51)71-62(59)60)70-55-29-15-12-24-48(55)53-37-43-19-7-8-20-44(43)39-57(53)70/h1-39H. The Kier molecular flexibility index (Phi) is 8.56. The highest BCUT2D eigenvalue weighted by molar-refractivity contribution is 6.25. The van der Waals surface area contributed by atoms with Gasteiger partial charge in [0.2, 0.25) is 0 Å². The van der Waals surface area contributed by atoms with Crippen molar-refractivity contribution in [2.75, 3.05) is 0 Å². The molecule has 0 aliphatic rings. The number of aromatic nitrogens is 5. The van der Waals surface area contributed by atoms with E-state index in [2.05, 4.69) is 234 Å². The van der Waals surface area contributed by atoms with E-state index in [0.29, 0.717) is 17.5 Å². The molecule has 71 heavy (non-hydrogen) atoms. The summed E-state index contributed by atoms with van der Waals surface area (Å²) in [5, 5.41) is 11.1. The molecule has 0 saturated heterocycles. The average Bonchev–Trinajstić information content (AvgIpc) is 4.09. The molecule has 6 heteroatoms. The van der Waals surface area contributed by atoms with E-state index in [9.17, 15) is 0 Å². The molecule has 0 amide bonds. The maximum Gasteiger partial charge on any atom is 0.168 e. The summed E-state index contributed by atoms with van der Waals surface area (Å²) in [6.45, 7) is 0. The first kappa shape index (κ1) is 39.4. The molecule has 0 aliphatic carbocycles. The van der Waals surface area contributed by atoms with Crippen LogP contribution >= 0.6 is 0 Å². The summed E-state index contributed by atoms with van der Waals surface area (Å²) in [5.41, 5.74) is 13.0. The van der Waals surface area contributed by atoms with Crippen LogP contribution in [0.5, 0.6) is 0 Å². The lowest BCUT2D eigenvalue weighted by molar-refractivity contribution is 0.670. The molecule has 15 aromatic rings. The first-order chi connectivity index (χ1) is 35.2. The van der Waals surface area contributed by atoms with Gasteiger partial charge >= 0.3 is 0 Å². The second kappa shape index (κ2) is 15.4. The van der Waals surface area contributed by atoms with Crippen molar-refractivity contribution in [3.8, 4) is 56.7 Å². The van der Waals surface area contributed by atoms with Crippen molar-refractivity contribution >= 4 is 87.1 Å². The second-order valence-corrected chi connectivity index (χ2v) is 18.3. The Balaban J connectivity index is 1.03. The molecule has 0 N–H and O–H groups in total. The van der Waals surface area contributed by atoms with Crippen molar-refractivity contribution < 1.29 is 4.42 Å². The van der Waals surface area contributed by atoms with E-state index in [4.69, 9.17) is 19.4 Å². The van der Waals surface area contributed by atoms with Crippen LogP contribution in [0.15, 0.2) is 241 Å². The molecule has 15 rings (SSSR count). The van der Waals surface area contributed by atoms with Gasteiger partial charge in [0.25, 0.3) is 0 Å². The molecule has 0 radical (unpaired) electrons. The smallest absolute Gasteiger partial charge is 0.168 e. The van der Waals surface area contributed by atoms with Crippen LogP contribution < -0.4 is 0 Å². The lowest BCUT2D eigenvalue weighted by Gasteiger charge is -2.17. The number of para-hydroxylation sites is 4. The van der Waals surface area contributed by atoms with Gasteiger partial charge in [-0.25, -0.2) is 15.0 Å². The Bertz CT molecular complexity index is 4620. The Hall–Kier alpha value is -9.65. The van der Waals surface area contributed by atoms with E-state index < -0.39 is 0 Å². The highest BCUT2D eigenvalue weighted by Crippen LogP contribution is 2.48. The van der Waals surface area contributed by atoms with Crippen LogP contribution in [0.2, 0.25) is 0 Å². The quantitative estimate of drug-likeness (QED) is 0.167. The number of nitrogens with zero attached hydrogens (tertiary/aromatic N) is 5. The van der Waals surface area contributed by atoms with Gasteiger partial charge in [0, 0.05) is 49.1 Å². The fraction of sp³-hybridized carbons (Fsp3) is 0. The van der Waals surface area contributed by atoms with Gasteiger partial charge in [-0.3, -0.25) is 0 Å². The van der Waals surface area contributed by atoms with E-state index in [0.717, 1.165) is 105 Å². The first-order valence-corrected chi connectivity index (χ1v) is 24.0. The summed E-state index contributed by atoms with van der Waals surface area (Å²) in [7, 11) is 0. The van der Waals surface area contributed by atoms with Gasteiger partial charge in [-0.15, -0.1) is 0 Å². The van der Waals surface area contributed by atoms with Crippen LogP contribution in [0.3, 0.4) is 0 Å². The summed E-state index contributed by atoms with van der Waals surface area (Å²) >= 11 is 0. The van der Waals surface area contributed by atoms with Crippen LogP contribution in [0.1, 0.15) is 0 Å². The Morgan fingerprint density at radius 2 is 0.817 bits per heavy atom. The number of hydrogen-bond acceptors (Lipinski definition) is 4. The molecular weight excluding hydrogens is 867 g/mol. The third-order valence-corrected chi connectivity index (χ3v) is 14.3. The zero-order valence-corrected chi connectivity index (χ0v) is 38.2. The summed E-state index contributed by atoms with van der Waals surface area (Å²) in [6.07, 6.45) is 0. The van der Waals surface area contributed by atoms with E-state index in [1.54, 1.807) is 0 Å². The predicted molar refractivity (Wildman–Crippen MR) is 293 cm³/mol. The maximum absolute atomic E-state index is 7.17. The fourth-order valence-corrected chi connectivity index (χ4v) is 11.1. The highest BCUT2D eigenvalue weighted by atomic mass is 16.3. The minimum absolute atomic E-state index is 0.531. The van der Waals surface area contributed by atoms with Gasteiger partial charge < -0.3 is 13.6 Å². The minimum atomic E-state index is 0.531. The Morgan fingerprint density at radius 1 is 0.310 bits per heavy atom. The van der Waals surface area contributed by atoms with Gasteiger partial charge in [0.05, 0.1) is 38.7 Å². The van der Waals surface area contributed by atoms with Crippen molar-refractivity contribution in [2.24, 2.45) is 0 Å². The number of rotatable bonds is 6. The zero-order chi connectivity index (χ0) is 46.6. The van der Waals surface area contributed by atoms with Crippen LogP contribution in [0.25, 0.3) is 144 Å². The second-order valence-electron chi connectivity index (χ2n) is 18.3. The molecule has 0 spiro atoms. The van der Waals surface area contributed by atoms with Gasteiger partial charge in [-0.2, -0.15) is 0 Å². The minimum Gasteiger partial charge on any atom is -0.455 e. The fourth-order valence-electron chi connectivity index (χ4n) is 11.1. The van der Waals surface area contributed by atoms with Gasteiger partial charge in [-0.05, 0) is 87.9 Å². The van der Waals surface area contributed by atoms with Crippen molar-refractivity contribution in [1.29, 1.82) is 0 Å². The third-order valence-electron chi connectivity index (χ3n) is 14.3. The normalized spacial score (nSPS) is 11.9. The molecule has 0 bridgehead atoms. The number of benzene rings is 11. The van der Waals surface area contributed by atoms with Crippen LogP contribution in [-0.2, 0) is 0 Å². The molecule has 0 atom stereocenters. The SMILES string of the molecule is c1ccc(-c2ccc(-c3nc(-c4ccc5c(c4)c4ccccc4n5-c4ccccc4)nc(-c4c5ccccc5c(-n5c6ccccc6c6cc7ccccc7cc65)c5c4oc4ccccc45)n3)cc2)cc1. The summed E-state index contributed by atoms with van der Waals surface area (Å²) in [4.78, 5) is 16.3. The molecule has 0 saturated carbocycles. The van der Waals surface area contributed by atoms with Gasteiger partial charge in [-0.1, -0.05) is 176 Å². The Labute approximate surface area is 407 Å². The van der Waals surface area contributed by atoms with Crippen LogP contribution in [-0.4, -0.2) is 24.1 Å². The predicted octanol–water partition coefficient (Wildman–Crippen LogP) is 16.9. The molecule has 0 fully saturated rings. The lowest BCUT2D eigenvalue weighted by Crippen LogP contribution is -2.03. The molecule has 0 aliphatic heterocycles. The van der Waals surface area contributed by atoms with E-state index in [-0.39, 0.29) is 0 Å². The zero-order valence-electron chi connectivity index (χ0n) is 38.2. The van der Waals surface area contributed by atoms with Crippen molar-refractivity contribution in [3.05, 3.63) is 237 Å². The summed E-state index contributed by atoms with van der Waals surface area (Å²) < 4.78 is 12.0. The molecule has 6 nitrogen and oxygen atoms in total. The van der Waals surface area contributed by atoms with Gasteiger partial charge in [0.15, 0.2) is 17.5 Å². The molecule has 4 aromatic heterocycles. The molecule has 4 heterocycles. The average molecular weight is 906 g/mol. The number of furan rings is 1. The first-order valence-electron chi connectivity index (χ1n) is 24.0. The van der Waals surface area contributed by atoms with Crippen LogP contribution in [0, 0.1) is 0 Å². The maximum atomic E-state index is 7.17. The molecule has 330 valence electrons. The van der Waals surface area contributed by atoms with Crippen molar-refractivity contribution in [2.45, 2.75) is 0 Å². The highest BCUT2D eigenvalue weighted by Gasteiger charge is 2.27. The van der Waals surface area contributed by atoms with Crippen LogP contribution in [0.4, 0.5) is 0 Å². The summed E-state index contributed by atoms with van der Waals surface area (Å²) in [6, 6.07) is 83.8. The van der Waals surface area contributed by atoms with E-state index in [1.165, 1.54) is 21.5 Å². The molecule has 11 aromatic carbocycles. The van der Waals surface area contributed by atoms with E-state index in [1.807, 2.05) is 12.1 Å². The summed E-state index contributed by atoms with van der Waals surface area (Å²) in [5.74, 6) is 1.68. The molecular formula is C65H39N5O.